The largest absolute Gasteiger partial charge is 0.452 e. The standard InChI is InChI=1S/C9H13ClO4/c1-4-3-6(14-9(4)13)8(12)7(11)5(2)10/h3,5-8,11-12H,1-2H3/t5-,6+,7+,8+/m0/s1. The van der Waals surface area contributed by atoms with Crippen LogP contribution in [0.5, 0.6) is 0 Å². The van der Waals surface area contributed by atoms with Gasteiger partial charge in [-0.1, -0.05) is 0 Å². The third-order valence-electron chi connectivity index (χ3n) is 2.14. The second-order valence-electron chi connectivity index (χ2n) is 3.38. The van der Waals surface area contributed by atoms with Gasteiger partial charge in [0.15, 0.2) is 0 Å². The first-order valence-corrected chi connectivity index (χ1v) is 4.76. The monoisotopic (exact) mass is 220 g/mol. The van der Waals surface area contributed by atoms with Crippen LogP contribution in [0.3, 0.4) is 0 Å². The number of rotatable bonds is 3. The Morgan fingerprint density at radius 1 is 1.57 bits per heavy atom. The summed E-state index contributed by atoms with van der Waals surface area (Å²) in [6.07, 6.45) is -1.60. The molecule has 0 aromatic heterocycles. The third-order valence-corrected chi connectivity index (χ3v) is 2.39. The van der Waals surface area contributed by atoms with Crippen LogP contribution in [0.15, 0.2) is 11.6 Å². The number of aliphatic hydroxyl groups is 2. The number of carbonyl (C=O) groups is 1. The van der Waals surface area contributed by atoms with Crippen molar-refractivity contribution in [3.8, 4) is 0 Å². The maximum atomic E-state index is 11.0. The quantitative estimate of drug-likeness (QED) is 0.527. The van der Waals surface area contributed by atoms with Crippen molar-refractivity contribution in [2.45, 2.75) is 37.5 Å². The Balaban J connectivity index is 2.64. The molecule has 4 nitrogen and oxygen atoms in total. The number of hydrogen-bond acceptors (Lipinski definition) is 4. The first-order chi connectivity index (χ1) is 6.43. The molecule has 0 saturated carbocycles. The first-order valence-electron chi connectivity index (χ1n) is 4.33. The second kappa shape index (κ2) is 4.29. The van der Waals surface area contributed by atoms with Crippen molar-refractivity contribution in [1.29, 1.82) is 0 Å². The summed E-state index contributed by atoms with van der Waals surface area (Å²) in [5.41, 5.74) is 0.434. The van der Waals surface area contributed by atoms with Crippen molar-refractivity contribution in [2.75, 3.05) is 0 Å². The smallest absolute Gasteiger partial charge is 0.334 e. The van der Waals surface area contributed by atoms with Gasteiger partial charge >= 0.3 is 5.97 Å². The SMILES string of the molecule is CC1=C[C@H]([C@@H](O)[C@H](O)[C@H](C)Cl)OC1=O. The van der Waals surface area contributed by atoms with Gasteiger partial charge in [-0.25, -0.2) is 4.79 Å². The van der Waals surface area contributed by atoms with Gasteiger partial charge in [0.05, 0.1) is 11.5 Å². The molecule has 0 aliphatic carbocycles. The highest BCUT2D eigenvalue weighted by molar-refractivity contribution is 6.20. The van der Waals surface area contributed by atoms with Crippen LogP contribution in [-0.4, -0.2) is 39.9 Å². The molecule has 0 unspecified atom stereocenters. The molecule has 0 bridgehead atoms. The number of alkyl halides is 1. The third kappa shape index (κ3) is 2.26. The molecule has 0 fully saturated rings. The van der Waals surface area contributed by atoms with Gasteiger partial charge in [-0.05, 0) is 19.9 Å². The fraction of sp³-hybridized carbons (Fsp3) is 0.667. The van der Waals surface area contributed by atoms with E-state index in [-0.39, 0.29) is 0 Å². The fourth-order valence-electron chi connectivity index (χ4n) is 1.20. The number of ether oxygens (including phenoxy) is 1. The van der Waals surface area contributed by atoms with Crippen LogP contribution >= 0.6 is 11.6 Å². The predicted octanol–water partition coefficient (Wildman–Crippen LogP) is 0.207. The molecule has 80 valence electrons. The zero-order valence-electron chi connectivity index (χ0n) is 7.98. The van der Waals surface area contributed by atoms with Gasteiger partial charge in [0.25, 0.3) is 0 Å². The van der Waals surface area contributed by atoms with Crippen LogP contribution in [0.2, 0.25) is 0 Å². The number of esters is 1. The lowest BCUT2D eigenvalue weighted by molar-refractivity contribution is -0.146. The van der Waals surface area contributed by atoms with Gasteiger partial charge in [0.1, 0.15) is 12.2 Å². The molecule has 4 atom stereocenters. The summed E-state index contributed by atoms with van der Waals surface area (Å²) in [6.45, 7) is 3.15. The molecule has 0 aromatic carbocycles. The number of cyclic esters (lactones) is 1. The molecule has 1 rings (SSSR count). The Labute approximate surface area is 87.1 Å². The molecule has 0 amide bonds. The minimum atomic E-state index is -1.18. The molecule has 0 radical (unpaired) electrons. The normalized spacial score (nSPS) is 27.9. The summed E-state index contributed by atoms with van der Waals surface area (Å²) >= 11 is 5.60. The van der Waals surface area contributed by atoms with Crippen LogP contribution in [0.1, 0.15) is 13.8 Å². The van der Waals surface area contributed by atoms with Crippen molar-refractivity contribution in [3.05, 3.63) is 11.6 Å². The summed E-state index contributed by atoms with van der Waals surface area (Å²) in [5.74, 6) is -0.469. The molecule has 1 aliphatic rings. The van der Waals surface area contributed by atoms with Crippen LogP contribution in [0.25, 0.3) is 0 Å². The Bertz CT molecular complexity index is 262. The zero-order chi connectivity index (χ0) is 10.9. The average Bonchev–Trinajstić information content (AvgIpc) is 2.44. The summed E-state index contributed by atoms with van der Waals surface area (Å²) in [7, 11) is 0. The Morgan fingerprint density at radius 3 is 2.50 bits per heavy atom. The highest BCUT2D eigenvalue weighted by atomic mass is 35.5. The van der Waals surface area contributed by atoms with Crippen LogP contribution in [0.4, 0.5) is 0 Å². The van der Waals surface area contributed by atoms with E-state index in [2.05, 4.69) is 0 Å². The molecule has 0 aromatic rings. The van der Waals surface area contributed by atoms with E-state index in [1.807, 2.05) is 0 Å². The van der Waals surface area contributed by atoms with Crippen LogP contribution in [-0.2, 0) is 9.53 Å². The minimum Gasteiger partial charge on any atom is -0.452 e. The Hall–Kier alpha value is -0.580. The lowest BCUT2D eigenvalue weighted by Crippen LogP contribution is -2.41. The van der Waals surface area contributed by atoms with E-state index in [1.165, 1.54) is 6.08 Å². The van der Waals surface area contributed by atoms with E-state index in [1.54, 1.807) is 13.8 Å². The van der Waals surface area contributed by atoms with Crippen molar-refractivity contribution >= 4 is 17.6 Å². The molecule has 14 heavy (non-hydrogen) atoms. The second-order valence-corrected chi connectivity index (χ2v) is 4.07. The molecule has 0 spiro atoms. The van der Waals surface area contributed by atoms with Gasteiger partial charge in [-0.3, -0.25) is 0 Å². The lowest BCUT2D eigenvalue weighted by atomic mass is 10.1. The van der Waals surface area contributed by atoms with E-state index in [0.717, 1.165) is 0 Å². The van der Waals surface area contributed by atoms with Crippen molar-refractivity contribution in [3.63, 3.8) is 0 Å². The fourth-order valence-corrected chi connectivity index (χ4v) is 1.35. The Kier molecular flexibility index (Phi) is 3.53. The van der Waals surface area contributed by atoms with Gasteiger partial charge < -0.3 is 14.9 Å². The lowest BCUT2D eigenvalue weighted by Gasteiger charge is -2.23. The van der Waals surface area contributed by atoms with Gasteiger partial charge in [0.2, 0.25) is 0 Å². The zero-order valence-corrected chi connectivity index (χ0v) is 8.73. The van der Waals surface area contributed by atoms with Gasteiger partial charge in [-0.2, -0.15) is 0 Å². The first kappa shape index (κ1) is 11.5. The van der Waals surface area contributed by atoms with E-state index in [0.29, 0.717) is 5.57 Å². The van der Waals surface area contributed by atoms with Gasteiger partial charge in [-0.15, -0.1) is 11.6 Å². The highest BCUT2D eigenvalue weighted by Gasteiger charge is 2.34. The van der Waals surface area contributed by atoms with E-state index in [9.17, 15) is 15.0 Å². The number of aliphatic hydroxyl groups excluding tert-OH is 2. The summed E-state index contributed by atoms with van der Waals surface area (Å²) in [4.78, 5) is 11.0. The van der Waals surface area contributed by atoms with Gasteiger partial charge in [0, 0.05) is 5.57 Å². The topological polar surface area (TPSA) is 66.8 Å². The van der Waals surface area contributed by atoms with Crippen molar-refractivity contribution < 1.29 is 19.7 Å². The number of carbonyl (C=O) groups excluding carboxylic acids is 1. The summed E-state index contributed by atoms with van der Waals surface area (Å²) < 4.78 is 4.81. The number of hydrogen-bond donors (Lipinski definition) is 2. The van der Waals surface area contributed by atoms with E-state index < -0.39 is 29.7 Å². The summed E-state index contributed by atoms with van der Waals surface area (Å²) in [5, 5.41) is 18.4. The van der Waals surface area contributed by atoms with Crippen molar-refractivity contribution in [1.82, 2.24) is 0 Å². The van der Waals surface area contributed by atoms with Crippen molar-refractivity contribution in [2.24, 2.45) is 0 Å². The average molecular weight is 221 g/mol. The molecule has 0 saturated heterocycles. The Morgan fingerprint density at radius 2 is 2.14 bits per heavy atom. The van der Waals surface area contributed by atoms with E-state index >= 15 is 0 Å². The summed E-state index contributed by atoms with van der Waals surface area (Å²) in [6, 6.07) is 0. The molecule has 5 heteroatoms. The molecular formula is C9H13ClO4. The highest BCUT2D eigenvalue weighted by Crippen LogP contribution is 2.20. The number of halogens is 1. The maximum Gasteiger partial charge on any atom is 0.334 e. The predicted molar refractivity (Wildman–Crippen MR) is 51.0 cm³/mol. The molecular weight excluding hydrogens is 208 g/mol. The van der Waals surface area contributed by atoms with Crippen LogP contribution < -0.4 is 0 Å². The van der Waals surface area contributed by atoms with E-state index in [4.69, 9.17) is 16.3 Å². The molecule has 1 aliphatic heterocycles. The molecule has 2 N–H and O–H groups in total. The minimum absolute atomic E-state index is 0.434. The molecule has 1 heterocycles. The maximum absolute atomic E-state index is 11.0. The van der Waals surface area contributed by atoms with Crippen LogP contribution in [0, 0.1) is 0 Å².